The van der Waals surface area contributed by atoms with Crippen molar-refractivity contribution in [2.75, 3.05) is 6.54 Å². The van der Waals surface area contributed by atoms with E-state index in [1.54, 1.807) is 0 Å². The SMILES string of the molecule is O=C(NCC1(C(=O)O)CCCCC1)C1CC1c1ccccc1Cl. The zero-order valence-corrected chi connectivity index (χ0v) is 13.8. The Bertz CT molecular complexity index is 610. The molecular weight excluding hydrogens is 314 g/mol. The number of carboxylic acids is 1. The lowest BCUT2D eigenvalue weighted by Crippen LogP contribution is -2.44. The highest BCUT2D eigenvalue weighted by Crippen LogP contribution is 2.49. The van der Waals surface area contributed by atoms with Crippen molar-refractivity contribution >= 4 is 23.5 Å². The van der Waals surface area contributed by atoms with Gasteiger partial charge in [0.15, 0.2) is 0 Å². The van der Waals surface area contributed by atoms with Crippen LogP contribution in [0, 0.1) is 11.3 Å². The molecule has 2 aliphatic carbocycles. The number of carbonyl (C=O) groups is 2. The van der Waals surface area contributed by atoms with Crippen LogP contribution in [0.3, 0.4) is 0 Å². The molecule has 0 bridgehead atoms. The van der Waals surface area contributed by atoms with E-state index in [1.807, 2.05) is 24.3 Å². The molecule has 0 aliphatic heterocycles. The second-order valence-corrected chi connectivity index (χ2v) is 7.24. The van der Waals surface area contributed by atoms with Gasteiger partial charge in [0.2, 0.25) is 5.91 Å². The van der Waals surface area contributed by atoms with Crippen molar-refractivity contribution in [3.8, 4) is 0 Å². The average molecular weight is 336 g/mol. The maximum Gasteiger partial charge on any atom is 0.311 e. The first-order valence-electron chi connectivity index (χ1n) is 8.29. The summed E-state index contributed by atoms with van der Waals surface area (Å²) >= 11 is 6.18. The summed E-state index contributed by atoms with van der Waals surface area (Å²) in [5.41, 5.74) is 0.239. The molecule has 1 aromatic carbocycles. The summed E-state index contributed by atoms with van der Waals surface area (Å²) in [6, 6.07) is 7.60. The third-order valence-corrected chi connectivity index (χ3v) is 5.64. The lowest BCUT2D eigenvalue weighted by Gasteiger charge is -2.33. The minimum absolute atomic E-state index is 0.0406. The predicted molar refractivity (Wildman–Crippen MR) is 88.5 cm³/mol. The number of benzene rings is 1. The maximum absolute atomic E-state index is 12.4. The molecule has 0 aromatic heterocycles. The predicted octanol–water partition coefficient (Wildman–Crippen LogP) is 3.59. The summed E-state index contributed by atoms with van der Waals surface area (Å²) in [6.07, 6.45) is 5.03. The summed E-state index contributed by atoms with van der Waals surface area (Å²) < 4.78 is 0. The van der Waals surface area contributed by atoms with Crippen LogP contribution in [0.5, 0.6) is 0 Å². The fraction of sp³-hybridized carbons (Fsp3) is 0.556. The molecule has 124 valence electrons. The molecular formula is C18H22ClNO3. The largest absolute Gasteiger partial charge is 0.481 e. The molecule has 2 saturated carbocycles. The molecule has 0 spiro atoms. The Morgan fingerprint density at radius 3 is 2.57 bits per heavy atom. The Hall–Kier alpha value is -1.55. The van der Waals surface area contributed by atoms with Gasteiger partial charge < -0.3 is 10.4 Å². The molecule has 23 heavy (non-hydrogen) atoms. The van der Waals surface area contributed by atoms with Crippen LogP contribution in [0.2, 0.25) is 5.02 Å². The molecule has 1 amide bonds. The minimum atomic E-state index is -0.782. The van der Waals surface area contributed by atoms with E-state index < -0.39 is 11.4 Å². The molecule has 2 aliphatic rings. The van der Waals surface area contributed by atoms with Gasteiger partial charge in [-0.05, 0) is 36.8 Å². The van der Waals surface area contributed by atoms with Crippen LogP contribution >= 0.6 is 11.6 Å². The number of hydrogen-bond donors (Lipinski definition) is 2. The van der Waals surface area contributed by atoms with E-state index in [9.17, 15) is 14.7 Å². The lowest BCUT2D eigenvalue weighted by molar-refractivity contribution is -0.151. The fourth-order valence-corrected chi connectivity index (χ4v) is 3.96. The number of aliphatic carboxylic acids is 1. The molecule has 2 atom stereocenters. The zero-order valence-electron chi connectivity index (χ0n) is 13.1. The summed E-state index contributed by atoms with van der Waals surface area (Å²) in [5, 5.41) is 13.1. The van der Waals surface area contributed by atoms with Gasteiger partial charge in [-0.2, -0.15) is 0 Å². The van der Waals surface area contributed by atoms with Crippen LogP contribution in [0.15, 0.2) is 24.3 Å². The first-order valence-corrected chi connectivity index (χ1v) is 8.67. The molecule has 2 fully saturated rings. The summed E-state index contributed by atoms with van der Waals surface area (Å²) in [6.45, 7) is 0.243. The third kappa shape index (κ3) is 3.37. The summed E-state index contributed by atoms with van der Waals surface area (Å²) in [5.74, 6) is -0.739. The number of nitrogens with one attached hydrogen (secondary N) is 1. The van der Waals surface area contributed by atoms with Gasteiger partial charge in [0.25, 0.3) is 0 Å². The van der Waals surface area contributed by atoms with Gasteiger partial charge in [0, 0.05) is 17.5 Å². The van der Waals surface area contributed by atoms with E-state index in [0.717, 1.165) is 31.2 Å². The van der Waals surface area contributed by atoms with Crippen molar-refractivity contribution in [2.24, 2.45) is 11.3 Å². The highest BCUT2D eigenvalue weighted by atomic mass is 35.5. The Labute approximate surface area is 141 Å². The molecule has 0 saturated heterocycles. The molecule has 5 heteroatoms. The monoisotopic (exact) mass is 335 g/mol. The molecule has 2 unspecified atom stereocenters. The van der Waals surface area contributed by atoms with E-state index in [-0.39, 0.29) is 24.3 Å². The normalized spacial score (nSPS) is 25.6. The first-order chi connectivity index (χ1) is 11.0. The van der Waals surface area contributed by atoms with Gasteiger partial charge in [0.05, 0.1) is 5.41 Å². The second kappa shape index (κ2) is 6.52. The molecule has 0 radical (unpaired) electrons. The number of rotatable bonds is 5. The highest BCUT2D eigenvalue weighted by molar-refractivity contribution is 6.31. The van der Waals surface area contributed by atoms with Crippen molar-refractivity contribution in [3.05, 3.63) is 34.9 Å². The standard InChI is InChI=1S/C18H22ClNO3/c19-15-7-3-2-6-12(15)13-10-14(13)16(21)20-11-18(17(22)23)8-4-1-5-9-18/h2-3,6-7,13-14H,1,4-5,8-11H2,(H,20,21)(H,22,23). The van der Waals surface area contributed by atoms with Crippen LogP contribution < -0.4 is 5.32 Å². The molecule has 0 heterocycles. The fourth-order valence-electron chi connectivity index (χ4n) is 3.69. The Morgan fingerprint density at radius 2 is 1.91 bits per heavy atom. The van der Waals surface area contributed by atoms with Crippen molar-refractivity contribution in [1.29, 1.82) is 0 Å². The van der Waals surface area contributed by atoms with Gasteiger partial charge in [-0.15, -0.1) is 0 Å². The maximum atomic E-state index is 12.4. The van der Waals surface area contributed by atoms with E-state index in [1.165, 1.54) is 0 Å². The quantitative estimate of drug-likeness (QED) is 0.864. The smallest absolute Gasteiger partial charge is 0.311 e. The third-order valence-electron chi connectivity index (χ3n) is 5.30. The first kappa shape index (κ1) is 16.3. The van der Waals surface area contributed by atoms with Crippen molar-refractivity contribution in [1.82, 2.24) is 5.32 Å². The zero-order chi connectivity index (χ0) is 16.4. The van der Waals surface area contributed by atoms with Crippen molar-refractivity contribution in [3.63, 3.8) is 0 Å². The Kier molecular flexibility index (Phi) is 4.62. The molecule has 1 aromatic rings. The Balaban J connectivity index is 1.58. The van der Waals surface area contributed by atoms with Crippen molar-refractivity contribution < 1.29 is 14.7 Å². The van der Waals surface area contributed by atoms with E-state index >= 15 is 0 Å². The van der Waals surface area contributed by atoms with E-state index in [4.69, 9.17) is 11.6 Å². The number of hydrogen-bond acceptors (Lipinski definition) is 2. The van der Waals surface area contributed by atoms with Crippen LogP contribution in [0.1, 0.15) is 50.0 Å². The Morgan fingerprint density at radius 1 is 1.22 bits per heavy atom. The molecule has 2 N–H and O–H groups in total. The van der Waals surface area contributed by atoms with Crippen LogP contribution in [-0.2, 0) is 9.59 Å². The molecule has 4 nitrogen and oxygen atoms in total. The number of carbonyl (C=O) groups excluding carboxylic acids is 1. The number of halogens is 1. The summed E-state index contributed by atoms with van der Waals surface area (Å²) in [4.78, 5) is 24.0. The second-order valence-electron chi connectivity index (χ2n) is 6.83. The highest BCUT2D eigenvalue weighted by Gasteiger charge is 2.46. The average Bonchev–Trinajstić information content (AvgIpc) is 3.34. The number of carboxylic acid groups (broad SMARTS) is 1. The van der Waals surface area contributed by atoms with Gasteiger partial charge in [-0.25, -0.2) is 0 Å². The van der Waals surface area contributed by atoms with Gasteiger partial charge >= 0.3 is 5.97 Å². The number of amides is 1. The lowest BCUT2D eigenvalue weighted by atomic mass is 9.74. The van der Waals surface area contributed by atoms with E-state index in [0.29, 0.717) is 17.9 Å². The van der Waals surface area contributed by atoms with Crippen LogP contribution in [0.4, 0.5) is 0 Å². The van der Waals surface area contributed by atoms with E-state index in [2.05, 4.69) is 5.32 Å². The summed E-state index contributed by atoms with van der Waals surface area (Å²) in [7, 11) is 0. The minimum Gasteiger partial charge on any atom is -0.481 e. The van der Waals surface area contributed by atoms with Gasteiger partial charge in [-0.1, -0.05) is 49.1 Å². The van der Waals surface area contributed by atoms with Gasteiger partial charge in [-0.3, -0.25) is 9.59 Å². The topological polar surface area (TPSA) is 66.4 Å². The van der Waals surface area contributed by atoms with Gasteiger partial charge in [0.1, 0.15) is 0 Å². The van der Waals surface area contributed by atoms with Crippen LogP contribution in [-0.4, -0.2) is 23.5 Å². The molecule has 3 rings (SSSR count). The van der Waals surface area contributed by atoms with Crippen molar-refractivity contribution in [2.45, 2.75) is 44.4 Å². The van der Waals surface area contributed by atoms with Crippen LogP contribution in [0.25, 0.3) is 0 Å².